The van der Waals surface area contributed by atoms with Crippen molar-refractivity contribution >= 4 is 10.9 Å². The molecule has 1 heterocycles. The van der Waals surface area contributed by atoms with E-state index in [1.165, 1.54) is 6.07 Å². The Hall–Kier alpha value is -2.16. The summed E-state index contributed by atoms with van der Waals surface area (Å²) in [6.07, 6.45) is 0. The largest absolute Gasteiger partial charge is 0.344 e. The van der Waals surface area contributed by atoms with Crippen LogP contribution >= 0.6 is 0 Å². The zero-order chi connectivity index (χ0) is 12.7. The van der Waals surface area contributed by atoms with Gasteiger partial charge in [0.25, 0.3) is 0 Å². The van der Waals surface area contributed by atoms with Crippen LogP contribution in [0.3, 0.4) is 0 Å². The van der Waals surface area contributed by atoms with Gasteiger partial charge < -0.3 is 4.57 Å². The molecule has 0 aliphatic heterocycles. The molecule has 0 aliphatic carbocycles. The van der Waals surface area contributed by atoms with Crippen LogP contribution < -0.4 is 0 Å². The predicted molar refractivity (Wildman–Crippen MR) is 68.3 cm³/mol. The Morgan fingerprint density at radius 3 is 2.50 bits per heavy atom. The maximum Gasteiger partial charge on any atom is 0.132 e. The number of halogens is 2. The molecule has 0 spiro atoms. The Kier molecular flexibility index (Phi) is 2.40. The summed E-state index contributed by atoms with van der Waals surface area (Å²) in [6, 6.07) is 13.1. The average molecular weight is 243 g/mol. The van der Waals surface area contributed by atoms with E-state index in [-0.39, 0.29) is 5.56 Å². The topological polar surface area (TPSA) is 4.93 Å². The summed E-state index contributed by atoms with van der Waals surface area (Å²) in [5, 5.41) is 1.01. The average Bonchev–Trinajstić information content (AvgIpc) is 2.71. The second-order valence-electron chi connectivity index (χ2n) is 4.27. The highest BCUT2D eigenvalue weighted by molar-refractivity contribution is 5.87. The Labute approximate surface area is 103 Å². The molecule has 3 aromatic rings. The molecule has 0 unspecified atom stereocenters. The van der Waals surface area contributed by atoms with Gasteiger partial charge >= 0.3 is 0 Å². The molecule has 0 amide bonds. The number of hydrogen-bond acceptors (Lipinski definition) is 0. The molecule has 90 valence electrons. The van der Waals surface area contributed by atoms with Gasteiger partial charge in [0, 0.05) is 23.5 Å². The Bertz CT molecular complexity index is 728. The van der Waals surface area contributed by atoms with E-state index in [0.717, 1.165) is 23.0 Å². The third-order valence-corrected chi connectivity index (χ3v) is 3.16. The summed E-state index contributed by atoms with van der Waals surface area (Å²) in [5.41, 5.74) is 1.96. The molecule has 0 fully saturated rings. The fourth-order valence-electron chi connectivity index (χ4n) is 2.24. The van der Waals surface area contributed by atoms with Crippen LogP contribution in [0, 0.1) is 11.6 Å². The molecule has 0 bridgehead atoms. The van der Waals surface area contributed by atoms with E-state index >= 15 is 0 Å². The van der Waals surface area contributed by atoms with Crippen molar-refractivity contribution in [3.05, 3.63) is 60.2 Å². The lowest BCUT2D eigenvalue weighted by atomic mass is 10.1. The third-order valence-electron chi connectivity index (χ3n) is 3.16. The van der Waals surface area contributed by atoms with Gasteiger partial charge in [-0.1, -0.05) is 18.2 Å². The highest BCUT2D eigenvalue weighted by Crippen LogP contribution is 2.29. The molecule has 18 heavy (non-hydrogen) atoms. The summed E-state index contributed by atoms with van der Waals surface area (Å²) in [5.74, 6) is -0.848. The van der Waals surface area contributed by atoms with Crippen LogP contribution in [0.2, 0.25) is 0 Å². The summed E-state index contributed by atoms with van der Waals surface area (Å²) in [6.45, 7) is 0. The molecule has 0 atom stereocenters. The van der Waals surface area contributed by atoms with E-state index in [2.05, 4.69) is 0 Å². The van der Waals surface area contributed by atoms with Crippen molar-refractivity contribution in [2.24, 2.45) is 7.05 Å². The third kappa shape index (κ3) is 1.59. The Balaban J connectivity index is 2.31. The lowest BCUT2D eigenvalue weighted by Crippen LogP contribution is -1.94. The molecule has 0 saturated carbocycles. The summed E-state index contributed by atoms with van der Waals surface area (Å²) >= 11 is 0. The zero-order valence-electron chi connectivity index (χ0n) is 9.82. The highest BCUT2D eigenvalue weighted by Gasteiger charge is 2.12. The molecule has 1 aromatic heterocycles. The van der Waals surface area contributed by atoms with E-state index in [1.54, 1.807) is 0 Å². The van der Waals surface area contributed by atoms with Gasteiger partial charge in [0.05, 0.1) is 5.69 Å². The summed E-state index contributed by atoms with van der Waals surface area (Å²) in [7, 11) is 1.85. The van der Waals surface area contributed by atoms with Crippen LogP contribution in [0.4, 0.5) is 8.78 Å². The van der Waals surface area contributed by atoms with Gasteiger partial charge in [-0.3, -0.25) is 0 Å². The van der Waals surface area contributed by atoms with Gasteiger partial charge in [-0.05, 0) is 30.3 Å². The number of nitrogens with zero attached hydrogens (tertiary/aromatic N) is 1. The van der Waals surface area contributed by atoms with Gasteiger partial charge in [0.2, 0.25) is 0 Å². The van der Waals surface area contributed by atoms with Crippen LogP contribution in [0.15, 0.2) is 48.5 Å². The van der Waals surface area contributed by atoms with Crippen molar-refractivity contribution < 1.29 is 8.78 Å². The smallest absolute Gasteiger partial charge is 0.132 e. The normalized spacial score (nSPS) is 11.1. The highest BCUT2D eigenvalue weighted by atomic mass is 19.1. The predicted octanol–water partition coefficient (Wildman–Crippen LogP) is 4.12. The molecular formula is C15H11F2N. The Morgan fingerprint density at radius 2 is 1.72 bits per heavy atom. The van der Waals surface area contributed by atoms with Gasteiger partial charge in [-0.2, -0.15) is 0 Å². The molecular weight excluding hydrogens is 232 g/mol. The van der Waals surface area contributed by atoms with E-state index in [0.29, 0.717) is 5.69 Å². The quantitative estimate of drug-likeness (QED) is 0.605. The number of aryl methyl sites for hydroxylation is 1. The Morgan fingerprint density at radius 1 is 0.944 bits per heavy atom. The first kappa shape index (κ1) is 11.0. The van der Waals surface area contributed by atoms with Crippen LogP contribution in [0.1, 0.15) is 0 Å². The number of rotatable bonds is 1. The number of para-hydroxylation sites is 1. The molecule has 2 aromatic carbocycles. The standard InChI is InChI=1S/C15H11F2N/c1-18-14-5-3-2-4-10(14)8-15(18)12-9-11(16)6-7-13(12)17/h2-9H,1H3. The fraction of sp³-hybridized carbons (Fsp3) is 0.0667. The van der Waals surface area contributed by atoms with Gasteiger partial charge in [0.15, 0.2) is 0 Å². The van der Waals surface area contributed by atoms with Crippen molar-refractivity contribution in [2.45, 2.75) is 0 Å². The summed E-state index contributed by atoms with van der Waals surface area (Å²) in [4.78, 5) is 0. The molecule has 0 N–H and O–H groups in total. The minimum atomic E-state index is -0.434. The first-order valence-electron chi connectivity index (χ1n) is 5.67. The van der Waals surface area contributed by atoms with E-state index < -0.39 is 11.6 Å². The van der Waals surface area contributed by atoms with Gasteiger partial charge in [-0.25, -0.2) is 8.78 Å². The first-order valence-corrected chi connectivity index (χ1v) is 5.67. The maximum absolute atomic E-state index is 13.8. The minimum Gasteiger partial charge on any atom is -0.344 e. The van der Waals surface area contributed by atoms with Crippen molar-refractivity contribution in [2.75, 3.05) is 0 Å². The van der Waals surface area contributed by atoms with Crippen molar-refractivity contribution in [1.82, 2.24) is 4.57 Å². The first-order chi connectivity index (χ1) is 8.66. The van der Waals surface area contributed by atoms with Crippen LogP contribution in [0.25, 0.3) is 22.2 Å². The van der Waals surface area contributed by atoms with Gasteiger partial charge in [0.1, 0.15) is 11.6 Å². The fourth-order valence-corrected chi connectivity index (χ4v) is 2.24. The molecule has 3 heteroatoms. The van der Waals surface area contributed by atoms with Crippen molar-refractivity contribution in [3.63, 3.8) is 0 Å². The van der Waals surface area contributed by atoms with E-state index in [1.807, 2.05) is 41.9 Å². The monoisotopic (exact) mass is 243 g/mol. The molecule has 0 radical (unpaired) electrons. The lowest BCUT2D eigenvalue weighted by molar-refractivity contribution is 0.602. The zero-order valence-corrected chi connectivity index (χ0v) is 9.82. The van der Waals surface area contributed by atoms with Crippen LogP contribution in [-0.4, -0.2) is 4.57 Å². The second-order valence-corrected chi connectivity index (χ2v) is 4.27. The molecule has 0 aliphatic rings. The second kappa shape index (κ2) is 3.95. The lowest BCUT2D eigenvalue weighted by Gasteiger charge is -2.05. The summed E-state index contributed by atoms with van der Waals surface area (Å²) < 4.78 is 28.9. The number of aromatic nitrogens is 1. The number of hydrogen-bond donors (Lipinski definition) is 0. The van der Waals surface area contributed by atoms with Gasteiger partial charge in [-0.15, -0.1) is 0 Å². The minimum absolute atomic E-state index is 0.286. The van der Waals surface area contributed by atoms with Crippen LogP contribution in [0.5, 0.6) is 0 Å². The SMILES string of the molecule is Cn1c(-c2cc(F)ccc2F)cc2ccccc21. The maximum atomic E-state index is 13.8. The number of benzene rings is 2. The number of fused-ring (bicyclic) bond motifs is 1. The molecule has 1 nitrogen and oxygen atoms in total. The molecule has 3 rings (SSSR count). The molecule has 0 saturated heterocycles. The van der Waals surface area contributed by atoms with Crippen molar-refractivity contribution in [1.29, 1.82) is 0 Å². The van der Waals surface area contributed by atoms with E-state index in [4.69, 9.17) is 0 Å². The van der Waals surface area contributed by atoms with E-state index in [9.17, 15) is 8.78 Å². The van der Waals surface area contributed by atoms with Crippen molar-refractivity contribution in [3.8, 4) is 11.3 Å². The van der Waals surface area contributed by atoms with Crippen LogP contribution in [-0.2, 0) is 7.05 Å².